The lowest BCUT2D eigenvalue weighted by Crippen LogP contribution is -2.44. The number of hydrogen-bond donors (Lipinski definition) is 0. The predicted molar refractivity (Wildman–Crippen MR) is 135 cm³/mol. The highest BCUT2D eigenvalue weighted by atomic mass is 16.5. The topological polar surface area (TPSA) is 88.6 Å². The molecule has 9 nitrogen and oxygen atoms in total. The first-order valence-corrected chi connectivity index (χ1v) is 11.7. The average Bonchev–Trinajstić information content (AvgIpc) is 3.11. The van der Waals surface area contributed by atoms with E-state index in [4.69, 9.17) is 14.2 Å². The number of ether oxygens (including phenoxy) is 3. The molecule has 36 heavy (non-hydrogen) atoms. The van der Waals surface area contributed by atoms with Crippen molar-refractivity contribution >= 4 is 17.7 Å². The molecular formula is C27H35N3O6. The zero-order valence-electron chi connectivity index (χ0n) is 21.9. The van der Waals surface area contributed by atoms with E-state index >= 15 is 0 Å². The molecule has 1 atom stereocenters. The summed E-state index contributed by atoms with van der Waals surface area (Å²) in [7, 11) is 10.1. The van der Waals surface area contributed by atoms with E-state index < -0.39 is 5.41 Å². The number of methoxy groups -OCH3 is 3. The monoisotopic (exact) mass is 497 g/mol. The molecule has 3 rings (SSSR count). The minimum absolute atomic E-state index is 0.0671. The summed E-state index contributed by atoms with van der Waals surface area (Å²) < 4.78 is 16.0. The maximum atomic E-state index is 13.8. The van der Waals surface area contributed by atoms with Gasteiger partial charge in [-0.1, -0.05) is 18.2 Å². The first-order chi connectivity index (χ1) is 17.1. The fourth-order valence-electron chi connectivity index (χ4n) is 4.45. The van der Waals surface area contributed by atoms with Crippen molar-refractivity contribution in [1.29, 1.82) is 0 Å². The van der Waals surface area contributed by atoms with Gasteiger partial charge in [0.1, 0.15) is 5.75 Å². The lowest BCUT2D eigenvalue weighted by atomic mass is 9.75. The molecule has 0 aliphatic carbocycles. The second kappa shape index (κ2) is 11.4. The van der Waals surface area contributed by atoms with Gasteiger partial charge in [0, 0.05) is 39.5 Å². The van der Waals surface area contributed by atoms with Crippen LogP contribution in [0.1, 0.15) is 24.0 Å². The Labute approximate surface area is 212 Å². The van der Waals surface area contributed by atoms with Crippen LogP contribution in [0.3, 0.4) is 0 Å². The van der Waals surface area contributed by atoms with Gasteiger partial charge in [-0.15, -0.1) is 0 Å². The Morgan fingerprint density at radius 2 is 1.69 bits per heavy atom. The number of hydrogen-bond acceptors (Lipinski definition) is 7. The van der Waals surface area contributed by atoms with Crippen molar-refractivity contribution < 1.29 is 28.6 Å². The van der Waals surface area contributed by atoms with Crippen LogP contribution in [0.2, 0.25) is 0 Å². The SMILES string of the molecule is COc1cccc([C@@]2(CC(=O)N(C)Cc3ccc(OC)c(OC)c3)CC(=O)N(CCN(C)C)C2=O)c1. The molecule has 0 unspecified atom stereocenters. The number of carbonyl (C=O) groups excluding carboxylic acids is 3. The standard InChI is InChI=1S/C27H35N3O6/c1-28(2)12-13-30-25(32)17-27(26(30)33,20-8-7-9-21(15-20)34-4)16-24(31)29(3)18-19-10-11-22(35-5)23(14-19)36-6/h7-11,14-15H,12-13,16-18H2,1-6H3/t27-/m1/s1. The van der Waals surface area contributed by atoms with Gasteiger partial charge in [-0.05, 0) is 49.5 Å². The predicted octanol–water partition coefficient (Wildman–Crippen LogP) is 2.32. The molecule has 0 saturated carbocycles. The Bertz CT molecular complexity index is 1120. The summed E-state index contributed by atoms with van der Waals surface area (Å²) in [5.41, 5.74) is 0.154. The van der Waals surface area contributed by atoms with Gasteiger partial charge in [-0.25, -0.2) is 0 Å². The number of rotatable bonds is 11. The maximum Gasteiger partial charge on any atom is 0.240 e. The van der Waals surface area contributed by atoms with Gasteiger partial charge in [-0.3, -0.25) is 19.3 Å². The largest absolute Gasteiger partial charge is 0.497 e. The van der Waals surface area contributed by atoms with Crippen LogP contribution in [0.5, 0.6) is 17.2 Å². The van der Waals surface area contributed by atoms with Crippen molar-refractivity contribution in [2.24, 2.45) is 0 Å². The van der Waals surface area contributed by atoms with Gasteiger partial charge >= 0.3 is 0 Å². The maximum absolute atomic E-state index is 13.8. The Morgan fingerprint density at radius 1 is 0.972 bits per heavy atom. The Hall–Kier alpha value is -3.59. The highest BCUT2D eigenvalue weighted by molar-refractivity contribution is 6.10. The number of amides is 3. The molecular weight excluding hydrogens is 462 g/mol. The molecule has 1 heterocycles. The summed E-state index contributed by atoms with van der Waals surface area (Å²) in [6.07, 6.45) is -0.199. The van der Waals surface area contributed by atoms with E-state index in [0.29, 0.717) is 35.9 Å². The molecule has 1 aliphatic heterocycles. The number of likely N-dealkylation sites (tertiary alicyclic amines) is 1. The fourth-order valence-corrected chi connectivity index (χ4v) is 4.45. The molecule has 0 bridgehead atoms. The molecule has 1 saturated heterocycles. The molecule has 0 N–H and O–H groups in total. The van der Waals surface area contributed by atoms with E-state index in [9.17, 15) is 14.4 Å². The zero-order chi connectivity index (χ0) is 26.5. The van der Waals surface area contributed by atoms with Gasteiger partial charge in [0.2, 0.25) is 17.7 Å². The van der Waals surface area contributed by atoms with Crippen LogP contribution < -0.4 is 14.2 Å². The number of nitrogens with zero attached hydrogens (tertiary/aromatic N) is 3. The minimum atomic E-state index is -1.29. The zero-order valence-corrected chi connectivity index (χ0v) is 21.9. The molecule has 9 heteroatoms. The van der Waals surface area contributed by atoms with Gasteiger partial charge in [0.25, 0.3) is 0 Å². The molecule has 0 spiro atoms. The normalized spacial score (nSPS) is 17.5. The Kier molecular flexibility index (Phi) is 8.57. The van der Waals surface area contributed by atoms with E-state index in [1.54, 1.807) is 63.6 Å². The van der Waals surface area contributed by atoms with E-state index in [1.807, 2.05) is 31.1 Å². The first kappa shape index (κ1) is 27.0. The van der Waals surface area contributed by atoms with E-state index in [2.05, 4.69) is 0 Å². The molecule has 194 valence electrons. The number of benzene rings is 2. The minimum Gasteiger partial charge on any atom is -0.497 e. The van der Waals surface area contributed by atoms with E-state index in [0.717, 1.165) is 5.56 Å². The molecule has 3 amide bonds. The molecule has 1 aliphatic rings. The fraction of sp³-hybridized carbons (Fsp3) is 0.444. The third-order valence-electron chi connectivity index (χ3n) is 6.55. The summed E-state index contributed by atoms with van der Waals surface area (Å²) in [4.78, 5) is 45.0. The average molecular weight is 498 g/mol. The third-order valence-corrected chi connectivity index (χ3v) is 6.55. The van der Waals surface area contributed by atoms with Gasteiger partial charge in [0.05, 0.1) is 26.7 Å². The highest BCUT2D eigenvalue weighted by Crippen LogP contribution is 2.41. The Morgan fingerprint density at radius 3 is 2.33 bits per heavy atom. The number of carbonyl (C=O) groups is 3. The molecule has 2 aromatic rings. The lowest BCUT2D eigenvalue weighted by molar-refractivity contribution is -0.142. The number of likely N-dealkylation sites (N-methyl/N-ethyl adjacent to an activating group) is 1. The van der Waals surface area contributed by atoms with Gasteiger partial charge < -0.3 is 24.0 Å². The smallest absolute Gasteiger partial charge is 0.240 e. The molecule has 2 aromatic carbocycles. The van der Waals surface area contributed by atoms with Crippen molar-refractivity contribution in [3.8, 4) is 17.2 Å². The van der Waals surface area contributed by atoms with Crippen LogP contribution in [0.25, 0.3) is 0 Å². The highest BCUT2D eigenvalue weighted by Gasteiger charge is 2.54. The summed E-state index contributed by atoms with van der Waals surface area (Å²) in [5, 5.41) is 0. The summed E-state index contributed by atoms with van der Waals surface area (Å²) in [6, 6.07) is 12.5. The summed E-state index contributed by atoms with van der Waals surface area (Å²) in [6.45, 7) is 1.12. The second-order valence-corrected chi connectivity index (χ2v) is 9.26. The van der Waals surface area contributed by atoms with Crippen LogP contribution in [-0.2, 0) is 26.3 Å². The van der Waals surface area contributed by atoms with Crippen LogP contribution in [0, 0.1) is 0 Å². The van der Waals surface area contributed by atoms with Crippen molar-refractivity contribution in [2.45, 2.75) is 24.8 Å². The van der Waals surface area contributed by atoms with Crippen molar-refractivity contribution in [3.63, 3.8) is 0 Å². The van der Waals surface area contributed by atoms with Crippen LogP contribution in [0.4, 0.5) is 0 Å². The van der Waals surface area contributed by atoms with Crippen molar-refractivity contribution in [2.75, 3.05) is 55.6 Å². The third kappa shape index (κ3) is 5.62. The summed E-state index contributed by atoms with van der Waals surface area (Å²) in [5.74, 6) is 0.848. The van der Waals surface area contributed by atoms with E-state index in [-0.39, 0.29) is 37.1 Å². The molecule has 0 radical (unpaired) electrons. The number of imide groups is 1. The first-order valence-electron chi connectivity index (χ1n) is 11.7. The van der Waals surface area contributed by atoms with Gasteiger partial charge in [0.15, 0.2) is 11.5 Å². The second-order valence-electron chi connectivity index (χ2n) is 9.26. The quantitative estimate of drug-likeness (QED) is 0.440. The van der Waals surface area contributed by atoms with Crippen molar-refractivity contribution in [1.82, 2.24) is 14.7 Å². The Balaban J connectivity index is 1.90. The van der Waals surface area contributed by atoms with Crippen LogP contribution in [0.15, 0.2) is 42.5 Å². The lowest BCUT2D eigenvalue weighted by Gasteiger charge is -2.30. The van der Waals surface area contributed by atoms with E-state index in [1.165, 1.54) is 4.90 Å². The summed E-state index contributed by atoms with van der Waals surface area (Å²) >= 11 is 0. The molecule has 0 aromatic heterocycles. The van der Waals surface area contributed by atoms with Crippen LogP contribution in [-0.4, -0.2) is 88.0 Å². The molecule has 1 fully saturated rings. The van der Waals surface area contributed by atoms with Gasteiger partial charge in [-0.2, -0.15) is 0 Å². The van der Waals surface area contributed by atoms with Crippen LogP contribution >= 0.6 is 0 Å². The van der Waals surface area contributed by atoms with Crippen molar-refractivity contribution in [3.05, 3.63) is 53.6 Å².